The van der Waals surface area contributed by atoms with Crippen LogP contribution in [0.4, 0.5) is 17.1 Å². The summed E-state index contributed by atoms with van der Waals surface area (Å²) in [5.41, 5.74) is 8.86. The summed E-state index contributed by atoms with van der Waals surface area (Å²) in [4.78, 5) is 2.24. The van der Waals surface area contributed by atoms with E-state index in [1.54, 1.807) is 0 Å². The van der Waals surface area contributed by atoms with E-state index in [0.717, 1.165) is 56.4 Å². The number of para-hydroxylation sites is 3. The fourth-order valence-electron chi connectivity index (χ4n) is 5.98. The molecule has 6 aromatic rings. The van der Waals surface area contributed by atoms with Crippen molar-refractivity contribution in [1.29, 1.82) is 0 Å². The molecule has 0 N–H and O–H groups in total. The van der Waals surface area contributed by atoms with Gasteiger partial charge in [0.2, 0.25) is 0 Å². The van der Waals surface area contributed by atoms with Crippen LogP contribution in [-0.4, -0.2) is 6.71 Å². The van der Waals surface area contributed by atoms with Gasteiger partial charge in [0, 0.05) is 29.0 Å². The van der Waals surface area contributed by atoms with Gasteiger partial charge in [0.25, 0.3) is 6.71 Å². The summed E-state index contributed by atoms with van der Waals surface area (Å²) in [6, 6.07) is 50.5. The maximum atomic E-state index is 6.69. The van der Waals surface area contributed by atoms with Gasteiger partial charge in [-0.05, 0) is 58.5 Å². The lowest BCUT2D eigenvalue weighted by Crippen LogP contribution is -2.57. The maximum Gasteiger partial charge on any atom is 0.260 e. The van der Waals surface area contributed by atoms with E-state index < -0.39 is 0 Å². The molecule has 4 heteroatoms. The van der Waals surface area contributed by atoms with Crippen LogP contribution in [0.25, 0.3) is 11.1 Å². The summed E-state index contributed by atoms with van der Waals surface area (Å²) in [5.74, 6) is 3.41. The summed E-state index contributed by atoms with van der Waals surface area (Å²) in [5, 5.41) is 0. The molecule has 2 aliphatic heterocycles. The Bertz CT molecular complexity index is 1800. The van der Waals surface area contributed by atoms with Gasteiger partial charge in [-0.3, -0.25) is 0 Å². The molecule has 0 radical (unpaired) electrons. The predicted molar refractivity (Wildman–Crippen MR) is 164 cm³/mol. The van der Waals surface area contributed by atoms with E-state index in [1.165, 1.54) is 11.1 Å². The summed E-state index contributed by atoms with van der Waals surface area (Å²) in [6.07, 6.45) is 0. The SMILES string of the molecule is c1ccc(-c2ccc3c(c2)B2c4ccccc4Oc4cc(N(c5ccccc5)c5ccccc5)cc(c42)O3)cc1. The Morgan fingerprint density at radius 1 is 0.400 bits per heavy atom. The second-order valence-corrected chi connectivity index (χ2v) is 10.2. The Labute approximate surface area is 234 Å². The van der Waals surface area contributed by atoms with Crippen molar-refractivity contribution in [2.24, 2.45) is 0 Å². The van der Waals surface area contributed by atoms with E-state index in [2.05, 4.69) is 126 Å². The lowest BCUT2D eigenvalue weighted by atomic mass is 9.34. The molecule has 0 atom stereocenters. The van der Waals surface area contributed by atoms with Crippen LogP contribution in [0.3, 0.4) is 0 Å². The summed E-state index contributed by atoms with van der Waals surface area (Å²) >= 11 is 0. The van der Waals surface area contributed by atoms with Gasteiger partial charge >= 0.3 is 0 Å². The van der Waals surface area contributed by atoms with Crippen molar-refractivity contribution in [3.8, 4) is 34.1 Å². The van der Waals surface area contributed by atoms with Gasteiger partial charge < -0.3 is 14.4 Å². The number of nitrogens with zero attached hydrogens (tertiary/aromatic N) is 1. The second-order valence-electron chi connectivity index (χ2n) is 10.2. The van der Waals surface area contributed by atoms with E-state index in [4.69, 9.17) is 9.47 Å². The number of hydrogen-bond acceptors (Lipinski definition) is 3. The third-order valence-electron chi connectivity index (χ3n) is 7.76. The van der Waals surface area contributed by atoms with Gasteiger partial charge in [-0.1, -0.05) is 97.1 Å². The monoisotopic (exact) mass is 513 g/mol. The van der Waals surface area contributed by atoms with E-state index in [1.807, 2.05) is 24.3 Å². The van der Waals surface area contributed by atoms with Gasteiger partial charge in [0.05, 0.1) is 5.69 Å². The van der Waals surface area contributed by atoms with Gasteiger partial charge in [-0.25, -0.2) is 0 Å². The molecule has 0 bridgehead atoms. The Morgan fingerprint density at radius 3 is 1.60 bits per heavy atom. The maximum absolute atomic E-state index is 6.69. The standard InChI is InChI=1S/C36H24BNO2/c1-4-12-25(13-5-1)26-20-21-33-31(22-26)37-30-18-10-11-19-32(30)39-34-23-29(24-35(40-33)36(34)37)38(27-14-6-2-7-15-27)28-16-8-3-9-17-28/h1-24H. The highest BCUT2D eigenvalue weighted by Crippen LogP contribution is 2.42. The molecule has 0 saturated carbocycles. The molecule has 0 spiro atoms. The molecule has 0 unspecified atom stereocenters. The zero-order valence-corrected chi connectivity index (χ0v) is 21.7. The van der Waals surface area contributed by atoms with Crippen LogP contribution in [0, 0.1) is 0 Å². The average molecular weight is 513 g/mol. The minimum Gasteiger partial charge on any atom is -0.458 e. The summed E-state index contributed by atoms with van der Waals surface area (Å²) in [7, 11) is 0. The first-order valence-corrected chi connectivity index (χ1v) is 13.6. The van der Waals surface area contributed by atoms with Crippen molar-refractivity contribution in [1.82, 2.24) is 0 Å². The van der Waals surface area contributed by atoms with E-state index >= 15 is 0 Å². The van der Waals surface area contributed by atoms with E-state index in [9.17, 15) is 0 Å². The minimum absolute atomic E-state index is 0.0123. The third-order valence-corrected chi connectivity index (χ3v) is 7.76. The molecule has 0 saturated heterocycles. The molecule has 8 rings (SSSR count). The van der Waals surface area contributed by atoms with Crippen LogP contribution < -0.4 is 30.8 Å². The molecule has 188 valence electrons. The highest BCUT2D eigenvalue weighted by Gasteiger charge is 2.40. The highest BCUT2D eigenvalue weighted by atomic mass is 16.5. The Kier molecular flexibility index (Phi) is 5.24. The molecule has 2 aliphatic rings. The molecular weight excluding hydrogens is 489 g/mol. The zero-order valence-electron chi connectivity index (χ0n) is 21.7. The average Bonchev–Trinajstić information content (AvgIpc) is 3.02. The van der Waals surface area contributed by atoms with Gasteiger partial charge in [0.15, 0.2) is 0 Å². The largest absolute Gasteiger partial charge is 0.458 e. The lowest BCUT2D eigenvalue weighted by Gasteiger charge is -2.35. The molecule has 2 heterocycles. The molecule has 0 aromatic heterocycles. The molecule has 40 heavy (non-hydrogen) atoms. The minimum atomic E-state index is 0.0123. The topological polar surface area (TPSA) is 21.7 Å². The van der Waals surface area contributed by atoms with Gasteiger partial charge in [-0.15, -0.1) is 0 Å². The quantitative estimate of drug-likeness (QED) is 0.227. The molecular formula is C36H24BNO2. The first kappa shape index (κ1) is 22.7. The van der Waals surface area contributed by atoms with Crippen LogP contribution in [-0.2, 0) is 0 Å². The van der Waals surface area contributed by atoms with E-state index in [0.29, 0.717) is 0 Å². The first-order chi connectivity index (χ1) is 19.8. The van der Waals surface area contributed by atoms with Crippen molar-refractivity contribution in [3.05, 3.63) is 146 Å². The van der Waals surface area contributed by atoms with Crippen LogP contribution in [0.2, 0.25) is 0 Å². The number of hydrogen-bond donors (Lipinski definition) is 0. The molecule has 0 fully saturated rings. The van der Waals surface area contributed by atoms with Gasteiger partial charge in [0.1, 0.15) is 23.0 Å². The number of fused-ring (bicyclic) bond motifs is 4. The number of benzene rings is 6. The molecule has 3 nitrogen and oxygen atoms in total. The van der Waals surface area contributed by atoms with Crippen molar-refractivity contribution in [2.45, 2.75) is 0 Å². The number of ether oxygens (including phenoxy) is 2. The smallest absolute Gasteiger partial charge is 0.260 e. The Balaban J connectivity index is 1.33. The van der Waals surface area contributed by atoms with Gasteiger partial charge in [-0.2, -0.15) is 0 Å². The van der Waals surface area contributed by atoms with Crippen LogP contribution >= 0.6 is 0 Å². The van der Waals surface area contributed by atoms with Crippen molar-refractivity contribution < 1.29 is 9.47 Å². The van der Waals surface area contributed by atoms with Crippen molar-refractivity contribution >= 4 is 40.2 Å². The Hall–Kier alpha value is -5.22. The molecule has 0 amide bonds. The fraction of sp³-hybridized carbons (Fsp3) is 0. The number of rotatable bonds is 4. The first-order valence-electron chi connectivity index (χ1n) is 13.6. The zero-order chi connectivity index (χ0) is 26.5. The normalized spacial score (nSPS) is 12.3. The summed E-state index contributed by atoms with van der Waals surface area (Å²) in [6.45, 7) is 0.0123. The Morgan fingerprint density at radius 2 is 0.950 bits per heavy atom. The van der Waals surface area contributed by atoms with Crippen molar-refractivity contribution in [3.63, 3.8) is 0 Å². The number of anilines is 3. The molecule has 0 aliphatic carbocycles. The van der Waals surface area contributed by atoms with Crippen LogP contribution in [0.5, 0.6) is 23.0 Å². The lowest BCUT2D eigenvalue weighted by molar-refractivity contribution is 0.465. The highest BCUT2D eigenvalue weighted by molar-refractivity contribution is 6.98. The fourth-order valence-corrected chi connectivity index (χ4v) is 5.98. The molecule has 6 aromatic carbocycles. The van der Waals surface area contributed by atoms with Crippen LogP contribution in [0.1, 0.15) is 0 Å². The predicted octanol–water partition coefficient (Wildman–Crippen LogP) is 7.55. The van der Waals surface area contributed by atoms with Crippen molar-refractivity contribution in [2.75, 3.05) is 4.90 Å². The third kappa shape index (κ3) is 3.69. The summed E-state index contributed by atoms with van der Waals surface area (Å²) < 4.78 is 13.3. The second kappa shape index (κ2) is 9.21. The van der Waals surface area contributed by atoms with E-state index in [-0.39, 0.29) is 6.71 Å². The van der Waals surface area contributed by atoms with Crippen LogP contribution in [0.15, 0.2) is 146 Å².